The molecule has 2 amide bonds. The van der Waals surface area contributed by atoms with Crippen LogP contribution in [0, 0.1) is 11.8 Å². The minimum Gasteiger partial charge on any atom is -0.490 e. The van der Waals surface area contributed by atoms with E-state index >= 15 is 0 Å². The Balaban J connectivity index is 1.94. The largest absolute Gasteiger partial charge is 0.490 e. The smallest absolute Gasteiger partial charge is 0.258 e. The minimum absolute atomic E-state index is 0.0183. The van der Waals surface area contributed by atoms with Gasteiger partial charge >= 0.3 is 0 Å². The molecule has 8 nitrogen and oxygen atoms in total. The average Bonchev–Trinajstić information content (AvgIpc) is 2.90. The molecular weight excluding hydrogens is 482 g/mol. The summed E-state index contributed by atoms with van der Waals surface area (Å²) in [5.41, 5.74) is 1.01. The van der Waals surface area contributed by atoms with Crippen LogP contribution < -0.4 is 10.1 Å². The lowest BCUT2D eigenvalue weighted by molar-refractivity contribution is -0.120. The Morgan fingerprint density at radius 1 is 1.13 bits per heavy atom. The molecule has 3 rings (SSSR count). The molecule has 0 bridgehead atoms. The topological polar surface area (TPSA) is 91.3 Å². The van der Waals surface area contributed by atoms with Crippen LogP contribution in [0.2, 0.25) is 0 Å². The Bertz CT molecular complexity index is 902. The summed E-state index contributed by atoms with van der Waals surface area (Å²) in [6, 6.07) is 4.98. The first-order valence-electron chi connectivity index (χ1n) is 14.5. The number of amides is 2. The molecule has 4 atom stereocenters. The van der Waals surface area contributed by atoms with E-state index in [2.05, 4.69) is 17.1 Å². The number of hydrogen-bond donors (Lipinski definition) is 2. The third-order valence-corrected chi connectivity index (χ3v) is 7.84. The fourth-order valence-corrected chi connectivity index (χ4v) is 5.43. The van der Waals surface area contributed by atoms with Crippen molar-refractivity contribution in [3.63, 3.8) is 0 Å². The summed E-state index contributed by atoms with van der Waals surface area (Å²) < 4.78 is 12.6. The molecule has 38 heavy (non-hydrogen) atoms. The van der Waals surface area contributed by atoms with Crippen LogP contribution in [0.15, 0.2) is 18.2 Å². The molecule has 1 aliphatic heterocycles. The highest BCUT2D eigenvalue weighted by atomic mass is 16.5. The molecule has 2 N–H and O–H groups in total. The highest BCUT2D eigenvalue weighted by molar-refractivity contribution is 6.00. The molecule has 1 aliphatic carbocycles. The van der Waals surface area contributed by atoms with Crippen molar-refractivity contribution in [1.82, 2.24) is 9.80 Å². The highest BCUT2D eigenvalue weighted by Crippen LogP contribution is 2.30. The van der Waals surface area contributed by atoms with Crippen molar-refractivity contribution < 1.29 is 24.2 Å². The van der Waals surface area contributed by atoms with Gasteiger partial charge in [-0.2, -0.15) is 0 Å². The maximum Gasteiger partial charge on any atom is 0.258 e. The lowest BCUT2D eigenvalue weighted by Crippen LogP contribution is -2.47. The van der Waals surface area contributed by atoms with Crippen molar-refractivity contribution in [1.29, 1.82) is 0 Å². The number of aliphatic hydroxyl groups is 1. The number of nitrogens with one attached hydrogen (secondary N) is 1. The van der Waals surface area contributed by atoms with E-state index < -0.39 is 0 Å². The van der Waals surface area contributed by atoms with E-state index in [-0.39, 0.29) is 48.5 Å². The maximum atomic E-state index is 14.1. The van der Waals surface area contributed by atoms with E-state index in [1.165, 1.54) is 6.42 Å². The number of aliphatic hydroxyl groups excluding tert-OH is 1. The van der Waals surface area contributed by atoms with E-state index in [0.29, 0.717) is 30.2 Å². The van der Waals surface area contributed by atoms with Gasteiger partial charge in [0.1, 0.15) is 5.75 Å². The van der Waals surface area contributed by atoms with Crippen molar-refractivity contribution in [3.05, 3.63) is 23.8 Å². The standard InChI is InChI=1S/C30H49N3O5/c1-21-18-33(22(2)20-34)30(36)26-17-25(31-29(35)24-12-7-6-8-13-24)14-15-27(26)38-23(3)11-9-10-16-37-28(21)19-32(4)5/h14-15,17,21-24,28,34H,6-13,16,18-20H2,1-5H3,(H,31,35)/t21-,22+,23+,28+/m1/s1. The molecule has 0 unspecified atom stereocenters. The van der Waals surface area contributed by atoms with Gasteiger partial charge in [0.25, 0.3) is 5.91 Å². The van der Waals surface area contributed by atoms with Crippen LogP contribution in [0.25, 0.3) is 0 Å². The molecule has 8 heteroatoms. The van der Waals surface area contributed by atoms with Crippen LogP contribution in [0.4, 0.5) is 5.69 Å². The number of rotatable bonds is 6. The van der Waals surface area contributed by atoms with Crippen molar-refractivity contribution in [2.75, 3.05) is 45.7 Å². The summed E-state index contributed by atoms with van der Waals surface area (Å²) in [6.45, 7) is 7.68. The zero-order valence-electron chi connectivity index (χ0n) is 24.1. The Kier molecular flexibility index (Phi) is 11.9. The summed E-state index contributed by atoms with van der Waals surface area (Å²) >= 11 is 0. The molecule has 214 valence electrons. The molecular formula is C30H49N3O5. The number of carbonyl (C=O) groups excluding carboxylic acids is 2. The van der Waals surface area contributed by atoms with Gasteiger partial charge in [0, 0.05) is 37.2 Å². The second kappa shape index (κ2) is 14.8. The minimum atomic E-state index is -0.386. The van der Waals surface area contributed by atoms with E-state index in [1.807, 2.05) is 34.0 Å². The van der Waals surface area contributed by atoms with Crippen LogP contribution in [-0.2, 0) is 9.53 Å². The second-order valence-corrected chi connectivity index (χ2v) is 11.6. The number of fused-ring (bicyclic) bond motifs is 1. The van der Waals surface area contributed by atoms with Gasteiger partial charge in [-0.3, -0.25) is 9.59 Å². The Morgan fingerprint density at radius 2 is 1.84 bits per heavy atom. The Morgan fingerprint density at radius 3 is 2.53 bits per heavy atom. The Hall–Kier alpha value is -2.16. The number of carbonyl (C=O) groups is 2. The molecule has 1 fully saturated rings. The van der Waals surface area contributed by atoms with Gasteiger partial charge in [-0.05, 0) is 78.2 Å². The van der Waals surface area contributed by atoms with Crippen molar-refractivity contribution in [3.8, 4) is 5.75 Å². The first-order valence-corrected chi connectivity index (χ1v) is 14.5. The number of hydrogen-bond acceptors (Lipinski definition) is 6. The van der Waals surface area contributed by atoms with Crippen LogP contribution in [0.5, 0.6) is 5.75 Å². The van der Waals surface area contributed by atoms with Crippen molar-refractivity contribution >= 4 is 17.5 Å². The predicted octanol–water partition coefficient (Wildman–Crippen LogP) is 4.56. The SMILES string of the molecule is C[C@@H]1CN([C@@H](C)CO)C(=O)c2cc(NC(=O)C3CCCCC3)ccc2O[C@@H](C)CCCCO[C@H]1CN(C)C. The molecule has 0 saturated heterocycles. The summed E-state index contributed by atoms with van der Waals surface area (Å²) in [5.74, 6) is 0.389. The molecule has 1 heterocycles. The van der Waals surface area contributed by atoms with Gasteiger partial charge in [0.05, 0.1) is 30.4 Å². The van der Waals surface area contributed by atoms with Gasteiger partial charge in [0.15, 0.2) is 0 Å². The van der Waals surface area contributed by atoms with Gasteiger partial charge in [0.2, 0.25) is 5.91 Å². The monoisotopic (exact) mass is 531 g/mol. The Labute approximate surface area is 229 Å². The lowest BCUT2D eigenvalue weighted by atomic mass is 9.88. The normalized spacial score (nSPS) is 25.3. The molecule has 0 aromatic heterocycles. The van der Waals surface area contributed by atoms with Crippen LogP contribution in [0.3, 0.4) is 0 Å². The fourth-order valence-electron chi connectivity index (χ4n) is 5.43. The van der Waals surface area contributed by atoms with E-state index in [4.69, 9.17) is 9.47 Å². The van der Waals surface area contributed by atoms with E-state index in [9.17, 15) is 14.7 Å². The molecule has 1 saturated carbocycles. The summed E-state index contributed by atoms with van der Waals surface area (Å²) in [5, 5.41) is 13.1. The van der Waals surface area contributed by atoms with Crippen LogP contribution in [-0.4, -0.2) is 85.4 Å². The first kappa shape index (κ1) is 30.4. The van der Waals surface area contributed by atoms with Crippen molar-refractivity contribution in [2.24, 2.45) is 11.8 Å². The number of nitrogens with zero attached hydrogens (tertiary/aromatic N) is 2. The fraction of sp³-hybridized carbons (Fsp3) is 0.733. The summed E-state index contributed by atoms with van der Waals surface area (Å²) in [7, 11) is 4.05. The van der Waals surface area contributed by atoms with Crippen LogP contribution in [0.1, 0.15) is 82.5 Å². The summed E-state index contributed by atoms with van der Waals surface area (Å²) in [6.07, 6.45) is 7.81. The van der Waals surface area contributed by atoms with Gasteiger partial charge in [-0.25, -0.2) is 0 Å². The second-order valence-electron chi connectivity index (χ2n) is 11.6. The zero-order chi connectivity index (χ0) is 27.7. The number of anilines is 1. The van der Waals surface area contributed by atoms with Gasteiger partial charge in [-0.1, -0.05) is 26.2 Å². The van der Waals surface area contributed by atoms with E-state index in [1.54, 1.807) is 17.0 Å². The van der Waals surface area contributed by atoms with Crippen LogP contribution >= 0.6 is 0 Å². The molecule has 1 aromatic carbocycles. The summed E-state index contributed by atoms with van der Waals surface area (Å²) in [4.78, 5) is 30.9. The first-order chi connectivity index (χ1) is 18.2. The third kappa shape index (κ3) is 8.68. The quantitative estimate of drug-likeness (QED) is 0.559. The molecule has 2 aliphatic rings. The van der Waals surface area contributed by atoms with Gasteiger partial charge < -0.3 is 29.7 Å². The lowest BCUT2D eigenvalue weighted by Gasteiger charge is -2.35. The third-order valence-electron chi connectivity index (χ3n) is 7.84. The highest BCUT2D eigenvalue weighted by Gasteiger charge is 2.30. The zero-order valence-corrected chi connectivity index (χ0v) is 24.1. The van der Waals surface area contributed by atoms with Crippen molar-refractivity contribution in [2.45, 2.75) is 90.4 Å². The number of benzene rings is 1. The molecule has 0 radical (unpaired) electrons. The maximum absolute atomic E-state index is 14.1. The molecule has 0 spiro atoms. The number of likely N-dealkylation sites (N-methyl/N-ethyl adjacent to an activating group) is 1. The predicted molar refractivity (Wildman–Crippen MR) is 151 cm³/mol. The molecule has 1 aromatic rings. The van der Waals surface area contributed by atoms with E-state index in [0.717, 1.165) is 51.5 Å². The number of ether oxygens (including phenoxy) is 2. The average molecular weight is 532 g/mol. The van der Waals surface area contributed by atoms with Gasteiger partial charge in [-0.15, -0.1) is 0 Å².